The summed E-state index contributed by atoms with van der Waals surface area (Å²) in [6.07, 6.45) is 5.06. The van der Waals surface area contributed by atoms with Crippen LogP contribution in [0.4, 0.5) is 0 Å². The number of amidine groups is 1. The van der Waals surface area contributed by atoms with Crippen molar-refractivity contribution in [3.8, 4) is 0 Å². The van der Waals surface area contributed by atoms with E-state index in [1.54, 1.807) is 0 Å². The highest BCUT2D eigenvalue weighted by atomic mass is 16.4. The third-order valence-electron chi connectivity index (χ3n) is 3.15. The highest BCUT2D eigenvalue weighted by Gasteiger charge is 2.21. The van der Waals surface area contributed by atoms with E-state index < -0.39 is 0 Å². The molecule has 1 fully saturated rings. The predicted molar refractivity (Wildman–Crippen MR) is 57.5 cm³/mol. The van der Waals surface area contributed by atoms with E-state index in [1.165, 1.54) is 25.7 Å². The van der Waals surface area contributed by atoms with Gasteiger partial charge in [-0.1, -0.05) is 12.1 Å². The molecule has 0 aromatic rings. The average molecular weight is 199 g/mol. The normalized spacial score (nSPS) is 29.5. The van der Waals surface area contributed by atoms with E-state index in [0.717, 1.165) is 5.92 Å². The number of hydrogen-bond acceptors (Lipinski definition) is 3. The maximum absolute atomic E-state index is 8.46. The molecule has 0 radical (unpaired) electrons. The lowest BCUT2D eigenvalue weighted by molar-refractivity contribution is 0.187. The Morgan fingerprint density at radius 1 is 1.43 bits per heavy atom. The van der Waals surface area contributed by atoms with Gasteiger partial charge in [0.1, 0.15) is 0 Å². The van der Waals surface area contributed by atoms with Crippen LogP contribution in [0.2, 0.25) is 0 Å². The van der Waals surface area contributed by atoms with Crippen molar-refractivity contribution < 1.29 is 5.21 Å². The van der Waals surface area contributed by atoms with Gasteiger partial charge in [-0.15, -0.1) is 0 Å². The van der Waals surface area contributed by atoms with Crippen molar-refractivity contribution in [1.82, 2.24) is 4.90 Å². The molecule has 0 bridgehead atoms. The lowest BCUT2D eigenvalue weighted by atomic mass is 9.87. The summed E-state index contributed by atoms with van der Waals surface area (Å²) < 4.78 is 0. The van der Waals surface area contributed by atoms with Gasteiger partial charge in [0.25, 0.3) is 0 Å². The van der Waals surface area contributed by atoms with Crippen molar-refractivity contribution in [3.05, 3.63) is 0 Å². The molecule has 0 aliphatic heterocycles. The van der Waals surface area contributed by atoms with Crippen molar-refractivity contribution in [1.29, 1.82) is 0 Å². The Balaban J connectivity index is 2.34. The first kappa shape index (κ1) is 11.3. The summed E-state index contributed by atoms with van der Waals surface area (Å²) in [6, 6.07) is 0.603. The molecule has 1 aliphatic carbocycles. The fourth-order valence-corrected chi connectivity index (χ4v) is 2.10. The predicted octanol–water partition coefficient (Wildman–Crippen LogP) is 1.24. The highest BCUT2D eigenvalue weighted by molar-refractivity contribution is 5.81. The van der Waals surface area contributed by atoms with Gasteiger partial charge >= 0.3 is 0 Å². The van der Waals surface area contributed by atoms with E-state index >= 15 is 0 Å². The Kier molecular flexibility index (Phi) is 4.20. The second kappa shape index (κ2) is 5.20. The number of nitrogens with two attached hydrogens (primary N) is 1. The van der Waals surface area contributed by atoms with Crippen LogP contribution in [0.1, 0.15) is 32.6 Å². The largest absolute Gasteiger partial charge is 0.409 e. The van der Waals surface area contributed by atoms with Gasteiger partial charge in [0.2, 0.25) is 0 Å². The summed E-state index contributed by atoms with van der Waals surface area (Å²) in [5.41, 5.74) is 5.47. The number of rotatable bonds is 3. The molecule has 0 spiro atoms. The summed E-state index contributed by atoms with van der Waals surface area (Å²) >= 11 is 0. The SMILES string of the molecule is CC1CCC(N(C)C/C(N)=N/O)CC1. The van der Waals surface area contributed by atoms with Crippen molar-refractivity contribution in [2.75, 3.05) is 13.6 Å². The average Bonchev–Trinajstić information content (AvgIpc) is 2.18. The zero-order valence-corrected chi connectivity index (χ0v) is 9.11. The fraction of sp³-hybridized carbons (Fsp3) is 0.900. The van der Waals surface area contributed by atoms with Gasteiger partial charge in [-0.25, -0.2) is 0 Å². The van der Waals surface area contributed by atoms with Crippen LogP contribution >= 0.6 is 0 Å². The molecule has 14 heavy (non-hydrogen) atoms. The molecule has 0 aromatic carbocycles. The summed E-state index contributed by atoms with van der Waals surface area (Å²) in [7, 11) is 2.04. The molecule has 82 valence electrons. The van der Waals surface area contributed by atoms with E-state index in [9.17, 15) is 0 Å². The minimum Gasteiger partial charge on any atom is -0.409 e. The van der Waals surface area contributed by atoms with Crippen LogP contribution in [0, 0.1) is 5.92 Å². The van der Waals surface area contributed by atoms with Gasteiger partial charge in [0, 0.05) is 6.04 Å². The molecule has 0 amide bonds. The minimum atomic E-state index is 0.297. The third-order valence-corrected chi connectivity index (χ3v) is 3.15. The van der Waals surface area contributed by atoms with Gasteiger partial charge in [-0.05, 0) is 38.6 Å². The molecule has 4 nitrogen and oxygen atoms in total. The van der Waals surface area contributed by atoms with Crippen LogP contribution in [-0.4, -0.2) is 35.6 Å². The molecule has 0 saturated heterocycles. The second-order valence-electron chi connectivity index (χ2n) is 4.42. The minimum absolute atomic E-state index is 0.297. The first-order valence-corrected chi connectivity index (χ1v) is 5.30. The summed E-state index contributed by atoms with van der Waals surface area (Å²) in [5.74, 6) is 1.16. The molecule has 4 heteroatoms. The van der Waals surface area contributed by atoms with E-state index in [4.69, 9.17) is 10.9 Å². The van der Waals surface area contributed by atoms with Crippen molar-refractivity contribution in [2.24, 2.45) is 16.8 Å². The Morgan fingerprint density at radius 3 is 2.50 bits per heavy atom. The highest BCUT2D eigenvalue weighted by Crippen LogP contribution is 2.26. The Labute approximate surface area is 85.8 Å². The first-order chi connectivity index (χ1) is 6.63. The Hall–Kier alpha value is -0.770. The number of nitrogens with zero attached hydrogens (tertiary/aromatic N) is 2. The Morgan fingerprint density at radius 2 is 2.00 bits per heavy atom. The van der Waals surface area contributed by atoms with E-state index in [0.29, 0.717) is 18.4 Å². The van der Waals surface area contributed by atoms with Gasteiger partial charge in [0.05, 0.1) is 6.54 Å². The van der Waals surface area contributed by atoms with E-state index in [1.807, 2.05) is 7.05 Å². The van der Waals surface area contributed by atoms with Crippen LogP contribution in [-0.2, 0) is 0 Å². The zero-order chi connectivity index (χ0) is 10.6. The van der Waals surface area contributed by atoms with Crippen molar-refractivity contribution >= 4 is 5.84 Å². The second-order valence-corrected chi connectivity index (χ2v) is 4.42. The van der Waals surface area contributed by atoms with Crippen LogP contribution in [0.25, 0.3) is 0 Å². The molecule has 1 saturated carbocycles. The Bertz CT molecular complexity index is 198. The van der Waals surface area contributed by atoms with Gasteiger partial charge < -0.3 is 10.9 Å². The molecule has 0 heterocycles. The third kappa shape index (κ3) is 3.18. The molecule has 3 N–H and O–H groups in total. The van der Waals surface area contributed by atoms with Crippen LogP contribution in [0.15, 0.2) is 5.16 Å². The number of oxime groups is 1. The van der Waals surface area contributed by atoms with Crippen molar-refractivity contribution in [3.63, 3.8) is 0 Å². The quantitative estimate of drug-likeness (QED) is 0.311. The molecule has 0 aromatic heterocycles. The van der Waals surface area contributed by atoms with Crippen LogP contribution in [0.5, 0.6) is 0 Å². The smallest absolute Gasteiger partial charge is 0.153 e. The lowest BCUT2D eigenvalue weighted by Gasteiger charge is -2.33. The summed E-state index contributed by atoms with van der Waals surface area (Å²) in [4.78, 5) is 2.18. The molecular formula is C10H21N3O. The van der Waals surface area contributed by atoms with Gasteiger partial charge in [0.15, 0.2) is 5.84 Å². The van der Waals surface area contributed by atoms with Crippen LogP contribution < -0.4 is 5.73 Å². The zero-order valence-electron chi connectivity index (χ0n) is 9.11. The lowest BCUT2D eigenvalue weighted by Crippen LogP contribution is -2.40. The molecule has 1 rings (SSSR count). The molecule has 0 unspecified atom stereocenters. The molecule has 0 atom stereocenters. The number of hydrogen-bond donors (Lipinski definition) is 2. The van der Waals surface area contributed by atoms with E-state index in [-0.39, 0.29) is 0 Å². The maximum atomic E-state index is 8.46. The topological polar surface area (TPSA) is 61.8 Å². The van der Waals surface area contributed by atoms with Crippen molar-refractivity contribution in [2.45, 2.75) is 38.6 Å². The molecule has 1 aliphatic rings. The maximum Gasteiger partial charge on any atom is 0.153 e. The molecular weight excluding hydrogens is 178 g/mol. The fourth-order valence-electron chi connectivity index (χ4n) is 2.10. The van der Waals surface area contributed by atoms with Crippen LogP contribution in [0.3, 0.4) is 0 Å². The van der Waals surface area contributed by atoms with Gasteiger partial charge in [-0.2, -0.15) is 0 Å². The summed E-state index contributed by atoms with van der Waals surface area (Å²) in [6.45, 7) is 2.87. The standard InChI is InChI=1S/C10H21N3O/c1-8-3-5-9(6-4-8)13(2)7-10(11)12-14/h8-9,14H,3-7H2,1-2H3,(H2,11,12). The monoisotopic (exact) mass is 199 g/mol. The number of likely N-dealkylation sites (N-methyl/N-ethyl adjacent to an activating group) is 1. The summed E-state index contributed by atoms with van der Waals surface area (Å²) in [5, 5.41) is 11.5. The first-order valence-electron chi connectivity index (χ1n) is 5.30. The van der Waals surface area contributed by atoms with Gasteiger partial charge in [-0.3, -0.25) is 4.90 Å². The van der Waals surface area contributed by atoms with E-state index in [2.05, 4.69) is 17.0 Å².